The average Bonchev–Trinajstić information content (AvgIpc) is 3.06. The second-order valence-electron chi connectivity index (χ2n) is 6.71. The summed E-state index contributed by atoms with van der Waals surface area (Å²) < 4.78 is 0. The fourth-order valence-corrected chi connectivity index (χ4v) is 3.17. The van der Waals surface area contributed by atoms with Crippen molar-refractivity contribution in [3.05, 3.63) is 0 Å². The Morgan fingerprint density at radius 3 is 2.82 bits per heavy atom. The van der Waals surface area contributed by atoms with Crippen LogP contribution >= 0.6 is 0 Å². The molecule has 2 aliphatic rings. The minimum Gasteiger partial charge on any atom is -0.388 e. The van der Waals surface area contributed by atoms with Crippen molar-refractivity contribution < 1.29 is 14.7 Å². The van der Waals surface area contributed by atoms with Crippen molar-refractivity contribution in [1.82, 2.24) is 10.6 Å². The molecule has 124 valence electrons. The van der Waals surface area contributed by atoms with Crippen LogP contribution in [0.1, 0.15) is 33.1 Å². The SMILES string of the molecule is CC(C)C[C@H](N)C1=NC[C@@](C[C@@H]2CCNC2=O)(C(=O)CO)N1. The first kappa shape index (κ1) is 16.9. The van der Waals surface area contributed by atoms with Crippen LogP contribution in [-0.2, 0) is 9.59 Å². The number of aliphatic hydroxyl groups excluding tert-OH is 1. The normalized spacial score (nSPS) is 29.2. The molecule has 0 unspecified atom stereocenters. The van der Waals surface area contributed by atoms with Gasteiger partial charge in [0.1, 0.15) is 18.0 Å². The number of amidine groups is 1. The third-order valence-corrected chi connectivity index (χ3v) is 4.40. The zero-order chi connectivity index (χ0) is 16.3. The molecule has 1 fully saturated rings. The summed E-state index contributed by atoms with van der Waals surface area (Å²) in [7, 11) is 0. The fraction of sp³-hybridized carbons (Fsp3) is 0.800. The molecule has 2 rings (SSSR count). The number of hydrogen-bond donors (Lipinski definition) is 4. The highest BCUT2D eigenvalue weighted by Crippen LogP contribution is 2.27. The van der Waals surface area contributed by atoms with E-state index < -0.39 is 12.1 Å². The van der Waals surface area contributed by atoms with E-state index in [-0.39, 0.29) is 30.2 Å². The predicted molar refractivity (Wildman–Crippen MR) is 83.4 cm³/mol. The van der Waals surface area contributed by atoms with E-state index >= 15 is 0 Å². The molecule has 2 heterocycles. The number of hydrogen-bond acceptors (Lipinski definition) is 6. The molecule has 1 saturated heterocycles. The Bertz CT molecular complexity index is 477. The number of ketones is 1. The number of nitrogens with two attached hydrogens (primary N) is 1. The van der Waals surface area contributed by atoms with E-state index in [1.807, 2.05) is 0 Å². The summed E-state index contributed by atoms with van der Waals surface area (Å²) in [6.07, 6.45) is 1.81. The maximum atomic E-state index is 12.3. The van der Waals surface area contributed by atoms with Crippen molar-refractivity contribution in [3.63, 3.8) is 0 Å². The van der Waals surface area contributed by atoms with Crippen molar-refractivity contribution >= 4 is 17.5 Å². The van der Waals surface area contributed by atoms with Crippen LogP contribution in [0.4, 0.5) is 0 Å². The summed E-state index contributed by atoms with van der Waals surface area (Å²) in [5.41, 5.74) is 5.14. The summed E-state index contributed by atoms with van der Waals surface area (Å²) in [5.74, 6) is 0.436. The number of amides is 1. The van der Waals surface area contributed by atoms with Gasteiger partial charge in [-0.3, -0.25) is 14.6 Å². The van der Waals surface area contributed by atoms with Gasteiger partial charge in [-0.25, -0.2) is 0 Å². The van der Waals surface area contributed by atoms with Crippen molar-refractivity contribution in [1.29, 1.82) is 0 Å². The first-order valence-electron chi connectivity index (χ1n) is 7.88. The maximum Gasteiger partial charge on any atom is 0.223 e. The average molecular weight is 310 g/mol. The first-order valence-corrected chi connectivity index (χ1v) is 7.88. The maximum absolute atomic E-state index is 12.3. The van der Waals surface area contributed by atoms with E-state index in [1.54, 1.807) is 0 Å². The molecule has 2 aliphatic heterocycles. The first-order chi connectivity index (χ1) is 10.4. The standard InChI is InChI=1S/C15H26N4O3/c1-9(2)5-11(16)13-18-8-15(19-13,12(21)7-20)6-10-3-4-17-14(10)22/h9-11,20H,3-8,16H2,1-2H3,(H,17,22)(H,18,19)/t10-,11-,15-/m0/s1. The highest BCUT2D eigenvalue weighted by molar-refractivity contribution is 6.00. The smallest absolute Gasteiger partial charge is 0.223 e. The van der Waals surface area contributed by atoms with Gasteiger partial charge in [0.25, 0.3) is 0 Å². The lowest BCUT2D eigenvalue weighted by Gasteiger charge is -2.30. The summed E-state index contributed by atoms with van der Waals surface area (Å²) in [4.78, 5) is 28.5. The van der Waals surface area contributed by atoms with Crippen LogP contribution in [0.25, 0.3) is 0 Å². The molecule has 0 spiro atoms. The van der Waals surface area contributed by atoms with Crippen LogP contribution in [0.3, 0.4) is 0 Å². The minimum atomic E-state index is -0.995. The molecule has 0 bridgehead atoms. The molecule has 0 aromatic heterocycles. The zero-order valence-corrected chi connectivity index (χ0v) is 13.3. The molecular weight excluding hydrogens is 284 g/mol. The number of aliphatic imine (C=N–C) groups is 1. The lowest BCUT2D eigenvalue weighted by molar-refractivity contribution is -0.129. The molecule has 7 heteroatoms. The van der Waals surface area contributed by atoms with Crippen LogP contribution in [-0.4, -0.2) is 53.9 Å². The second-order valence-corrected chi connectivity index (χ2v) is 6.71. The molecule has 0 saturated carbocycles. The predicted octanol–water partition coefficient (Wildman–Crippen LogP) is -0.812. The minimum absolute atomic E-state index is 0.0353. The Morgan fingerprint density at radius 2 is 2.27 bits per heavy atom. The Morgan fingerprint density at radius 1 is 1.55 bits per heavy atom. The molecule has 5 N–H and O–H groups in total. The topological polar surface area (TPSA) is 117 Å². The highest BCUT2D eigenvalue weighted by atomic mass is 16.3. The summed E-state index contributed by atoms with van der Waals surface area (Å²) >= 11 is 0. The molecule has 1 amide bonds. The number of nitrogens with zero attached hydrogens (tertiary/aromatic N) is 1. The third-order valence-electron chi connectivity index (χ3n) is 4.40. The largest absolute Gasteiger partial charge is 0.388 e. The van der Waals surface area contributed by atoms with Crippen molar-refractivity contribution in [2.45, 2.75) is 44.7 Å². The lowest BCUT2D eigenvalue weighted by Crippen LogP contribution is -2.57. The summed E-state index contributed by atoms with van der Waals surface area (Å²) in [6.45, 7) is 4.45. The molecule has 0 radical (unpaired) electrons. The van der Waals surface area contributed by atoms with Gasteiger partial charge >= 0.3 is 0 Å². The summed E-state index contributed by atoms with van der Waals surface area (Å²) in [6, 6.07) is -0.259. The van der Waals surface area contributed by atoms with E-state index in [0.717, 1.165) is 6.42 Å². The highest BCUT2D eigenvalue weighted by Gasteiger charge is 2.46. The van der Waals surface area contributed by atoms with Gasteiger partial charge in [0.15, 0.2) is 5.78 Å². The van der Waals surface area contributed by atoms with Crippen LogP contribution in [0, 0.1) is 11.8 Å². The molecule has 3 atom stereocenters. The Labute approximate surface area is 130 Å². The van der Waals surface area contributed by atoms with Crippen LogP contribution < -0.4 is 16.4 Å². The fourth-order valence-electron chi connectivity index (χ4n) is 3.17. The quantitative estimate of drug-likeness (QED) is 0.490. The molecule has 7 nitrogen and oxygen atoms in total. The Balaban J connectivity index is 2.09. The van der Waals surface area contributed by atoms with Gasteiger partial charge in [-0.15, -0.1) is 0 Å². The van der Waals surface area contributed by atoms with E-state index in [4.69, 9.17) is 5.73 Å². The number of carbonyl (C=O) groups is 2. The molecular formula is C15H26N4O3. The van der Waals surface area contributed by atoms with Gasteiger partial charge in [0.05, 0.1) is 12.6 Å². The number of rotatable bonds is 7. The number of nitrogens with one attached hydrogen (secondary N) is 2. The zero-order valence-electron chi connectivity index (χ0n) is 13.3. The van der Waals surface area contributed by atoms with Gasteiger partial charge in [0, 0.05) is 12.5 Å². The van der Waals surface area contributed by atoms with Crippen molar-refractivity contribution in [2.24, 2.45) is 22.6 Å². The monoisotopic (exact) mass is 310 g/mol. The molecule has 22 heavy (non-hydrogen) atoms. The van der Waals surface area contributed by atoms with Crippen molar-refractivity contribution in [2.75, 3.05) is 19.7 Å². The second kappa shape index (κ2) is 6.75. The van der Waals surface area contributed by atoms with Gasteiger partial charge in [-0.2, -0.15) is 0 Å². The third kappa shape index (κ3) is 3.47. The van der Waals surface area contributed by atoms with E-state index in [0.29, 0.717) is 31.1 Å². The van der Waals surface area contributed by atoms with E-state index in [9.17, 15) is 14.7 Å². The summed E-state index contributed by atoms with van der Waals surface area (Å²) in [5, 5.41) is 15.2. The number of Topliss-reactive ketones (excluding diaryl/α,β-unsaturated/α-hetero) is 1. The number of aliphatic hydroxyl groups is 1. The van der Waals surface area contributed by atoms with E-state index in [2.05, 4.69) is 29.5 Å². The van der Waals surface area contributed by atoms with Gasteiger partial charge in [-0.05, 0) is 25.2 Å². The van der Waals surface area contributed by atoms with Gasteiger partial charge in [0.2, 0.25) is 5.91 Å². The van der Waals surface area contributed by atoms with Crippen LogP contribution in [0.5, 0.6) is 0 Å². The molecule has 0 aliphatic carbocycles. The molecule has 0 aromatic carbocycles. The van der Waals surface area contributed by atoms with Gasteiger partial charge in [-0.1, -0.05) is 13.8 Å². The van der Waals surface area contributed by atoms with Crippen molar-refractivity contribution in [3.8, 4) is 0 Å². The molecule has 0 aromatic rings. The number of carbonyl (C=O) groups excluding carboxylic acids is 2. The van der Waals surface area contributed by atoms with Crippen LogP contribution in [0.15, 0.2) is 4.99 Å². The van der Waals surface area contributed by atoms with Crippen LogP contribution in [0.2, 0.25) is 0 Å². The Kier molecular flexibility index (Phi) is 5.18. The Hall–Kier alpha value is -1.47. The van der Waals surface area contributed by atoms with Gasteiger partial charge < -0.3 is 21.5 Å². The lowest BCUT2D eigenvalue weighted by atomic mass is 9.83. The van der Waals surface area contributed by atoms with E-state index in [1.165, 1.54) is 0 Å².